The van der Waals surface area contributed by atoms with E-state index in [1.165, 1.54) is 11.1 Å². The fourth-order valence-corrected chi connectivity index (χ4v) is 1.80. The average Bonchev–Trinajstić information content (AvgIpc) is 2.74. The molecule has 0 bridgehead atoms. The van der Waals surface area contributed by atoms with E-state index in [4.69, 9.17) is 0 Å². The highest BCUT2D eigenvalue weighted by molar-refractivity contribution is 5.22. The number of nitrogens with zero attached hydrogens (tertiary/aromatic N) is 3. The monoisotopic (exact) mass is 244 g/mol. The number of nitrogens with one attached hydrogen (secondary N) is 1. The van der Waals surface area contributed by atoms with Crippen molar-refractivity contribution in [1.82, 2.24) is 20.3 Å². The van der Waals surface area contributed by atoms with Crippen LogP contribution in [-0.2, 0) is 13.1 Å². The Kier molecular flexibility index (Phi) is 4.10. The van der Waals surface area contributed by atoms with Crippen LogP contribution in [0.5, 0.6) is 0 Å². The van der Waals surface area contributed by atoms with Crippen LogP contribution in [0.3, 0.4) is 0 Å². The van der Waals surface area contributed by atoms with Crippen LogP contribution in [0, 0.1) is 6.92 Å². The summed E-state index contributed by atoms with van der Waals surface area (Å²) in [6.45, 7) is 7.89. The summed E-state index contributed by atoms with van der Waals surface area (Å²) in [5.74, 6) is 0. The van der Waals surface area contributed by atoms with Crippen molar-refractivity contribution < 1.29 is 0 Å². The molecule has 18 heavy (non-hydrogen) atoms. The molecular weight excluding hydrogens is 224 g/mol. The molecule has 1 N–H and O–H groups in total. The van der Waals surface area contributed by atoms with Crippen LogP contribution in [0.4, 0.5) is 0 Å². The molecule has 0 aliphatic heterocycles. The molecule has 0 aliphatic carbocycles. The van der Waals surface area contributed by atoms with Crippen molar-refractivity contribution in [3.05, 3.63) is 47.3 Å². The van der Waals surface area contributed by atoms with Crippen molar-refractivity contribution in [2.24, 2.45) is 0 Å². The minimum absolute atomic E-state index is 0.465. The van der Waals surface area contributed by atoms with Crippen molar-refractivity contribution >= 4 is 0 Å². The molecule has 0 fully saturated rings. The highest BCUT2D eigenvalue weighted by Crippen LogP contribution is 2.06. The number of aromatic nitrogens is 3. The molecule has 96 valence electrons. The van der Waals surface area contributed by atoms with E-state index < -0.39 is 0 Å². The highest BCUT2D eigenvalue weighted by atomic mass is 15.4. The molecule has 0 saturated heterocycles. The number of hydrogen-bond donors (Lipinski definition) is 1. The van der Waals surface area contributed by atoms with Gasteiger partial charge in [0.1, 0.15) is 0 Å². The molecule has 0 spiro atoms. The van der Waals surface area contributed by atoms with Crippen molar-refractivity contribution in [1.29, 1.82) is 0 Å². The Hall–Kier alpha value is -1.68. The Morgan fingerprint density at radius 1 is 1.33 bits per heavy atom. The number of hydrogen-bond acceptors (Lipinski definition) is 3. The van der Waals surface area contributed by atoms with Gasteiger partial charge in [0.05, 0.1) is 18.4 Å². The first kappa shape index (κ1) is 12.8. The zero-order chi connectivity index (χ0) is 13.0. The Bertz CT molecular complexity index is 502. The summed E-state index contributed by atoms with van der Waals surface area (Å²) in [6, 6.07) is 8.92. The maximum absolute atomic E-state index is 4.16. The molecule has 0 amide bonds. The molecule has 1 heterocycles. The summed E-state index contributed by atoms with van der Waals surface area (Å²) < 4.78 is 1.88. The first-order chi connectivity index (χ1) is 8.63. The molecule has 4 heteroatoms. The van der Waals surface area contributed by atoms with Gasteiger partial charge in [-0.2, -0.15) is 0 Å². The van der Waals surface area contributed by atoms with Crippen molar-refractivity contribution in [3.8, 4) is 0 Å². The first-order valence-corrected chi connectivity index (χ1v) is 6.31. The maximum Gasteiger partial charge on any atom is 0.0965 e. The van der Waals surface area contributed by atoms with E-state index in [9.17, 15) is 0 Å². The topological polar surface area (TPSA) is 42.7 Å². The Morgan fingerprint density at radius 3 is 2.89 bits per heavy atom. The predicted molar refractivity (Wildman–Crippen MR) is 72.3 cm³/mol. The fraction of sp³-hybridized carbons (Fsp3) is 0.429. The second-order valence-corrected chi connectivity index (χ2v) is 4.93. The van der Waals surface area contributed by atoms with Gasteiger partial charge in [0, 0.05) is 12.6 Å². The van der Waals surface area contributed by atoms with Gasteiger partial charge < -0.3 is 5.32 Å². The van der Waals surface area contributed by atoms with Crippen molar-refractivity contribution in [3.63, 3.8) is 0 Å². The normalized spacial score (nSPS) is 11.1. The smallest absolute Gasteiger partial charge is 0.0965 e. The Labute approximate surface area is 108 Å². The highest BCUT2D eigenvalue weighted by Gasteiger charge is 2.02. The van der Waals surface area contributed by atoms with Gasteiger partial charge in [0.25, 0.3) is 0 Å². The van der Waals surface area contributed by atoms with Gasteiger partial charge in [0.2, 0.25) is 0 Å². The van der Waals surface area contributed by atoms with Crippen LogP contribution in [0.2, 0.25) is 0 Å². The maximum atomic E-state index is 4.16. The lowest BCUT2D eigenvalue weighted by atomic mass is 10.1. The molecular formula is C14H20N4. The van der Waals surface area contributed by atoms with E-state index in [1.807, 2.05) is 10.9 Å². The second-order valence-electron chi connectivity index (χ2n) is 4.93. The van der Waals surface area contributed by atoms with Gasteiger partial charge in [-0.15, -0.1) is 5.10 Å². The molecule has 1 aromatic carbocycles. The lowest BCUT2D eigenvalue weighted by Crippen LogP contribution is -2.21. The number of aryl methyl sites for hydroxylation is 1. The van der Waals surface area contributed by atoms with E-state index in [-0.39, 0.29) is 0 Å². The van der Waals surface area contributed by atoms with Gasteiger partial charge in [-0.1, -0.05) is 48.9 Å². The minimum atomic E-state index is 0.465. The third-order valence-electron chi connectivity index (χ3n) is 2.70. The molecule has 0 unspecified atom stereocenters. The van der Waals surface area contributed by atoms with Crippen LogP contribution in [0.15, 0.2) is 30.5 Å². The van der Waals surface area contributed by atoms with Gasteiger partial charge in [-0.05, 0) is 12.5 Å². The molecule has 0 aliphatic rings. The van der Waals surface area contributed by atoms with Gasteiger partial charge >= 0.3 is 0 Å². The zero-order valence-corrected chi connectivity index (χ0v) is 11.2. The van der Waals surface area contributed by atoms with Crippen LogP contribution in [-0.4, -0.2) is 21.0 Å². The third kappa shape index (κ3) is 3.67. The molecule has 0 atom stereocenters. The predicted octanol–water partition coefficient (Wildman–Crippen LogP) is 2.13. The lowest BCUT2D eigenvalue weighted by Gasteiger charge is -2.04. The standard InChI is InChI=1S/C14H20N4/c1-11(2)15-8-14-10-18(17-16-14)9-13-6-4-5-12(3)7-13/h4-7,10-11,15H,8-9H2,1-3H3. The largest absolute Gasteiger partial charge is 0.309 e. The van der Waals surface area contributed by atoms with Crippen LogP contribution < -0.4 is 5.32 Å². The van der Waals surface area contributed by atoms with E-state index in [0.29, 0.717) is 6.04 Å². The summed E-state index contributed by atoms with van der Waals surface area (Å²) in [5, 5.41) is 11.6. The molecule has 0 saturated carbocycles. The van der Waals surface area contributed by atoms with Gasteiger partial charge in [-0.25, -0.2) is 4.68 Å². The SMILES string of the molecule is Cc1cccc(Cn2cc(CNC(C)C)nn2)c1. The van der Waals surface area contributed by atoms with E-state index in [0.717, 1.165) is 18.8 Å². The average molecular weight is 244 g/mol. The lowest BCUT2D eigenvalue weighted by molar-refractivity contribution is 0.580. The minimum Gasteiger partial charge on any atom is -0.309 e. The summed E-state index contributed by atoms with van der Waals surface area (Å²) in [4.78, 5) is 0. The second kappa shape index (κ2) is 5.78. The third-order valence-corrected chi connectivity index (χ3v) is 2.70. The van der Waals surface area contributed by atoms with Gasteiger partial charge in [0.15, 0.2) is 0 Å². The molecule has 2 aromatic rings. The number of benzene rings is 1. The van der Waals surface area contributed by atoms with E-state index >= 15 is 0 Å². The summed E-state index contributed by atoms with van der Waals surface area (Å²) >= 11 is 0. The quantitative estimate of drug-likeness (QED) is 0.876. The molecule has 0 radical (unpaired) electrons. The molecule has 4 nitrogen and oxygen atoms in total. The van der Waals surface area contributed by atoms with E-state index in [1.54, 1.807) is 0 Å². The van der Waals surface area contributed by atoms with Gasteiger partial charge in [-0.3, -0.25) is 0 Å². The fourth-order valence-electron chi connectivity index (χ4n) is 1.80. The van der Waals surface area contributed by atoms with Crippen molar-refractivity contribution in [2.75, 3.05) is 0 Å². The van der Waals surface area contributed by atoms with Crippen LogP contribution >= 0.6 is 0 Å². The summed E-state index contributed by atoms with van der Waals surface area (Å²) in [7, 11) is 0. The van der Waals surface area contributed by atoms with E-state index in [2.05, 4.69) is 60.7 Å². The molecule has 2 rings (SSSR count). The molecule has 1 aromatic heterocycles. The summed E-state index contributed by atoms with van der Waals surface area (Å²) in [6.07, 6.45) is 2.00. The zero-order valence-electron chi connectivity index (χ0n) is 11.2. The Morgan fingerprint density at radius 2 is 2.17 bits per heavy atom. The van der Waals surface area contributed by atoms with Crippen LogP contribution in [0.25, 0.3) is 0 Å². The summed E-state index contributed by atoms with van der Waals surface area (Å²) in [5.41, 5.74) is 3.51. The van der Waals surface area contributed by atoms with Crippen molar-refractivity contribution in [2.45, 2.75) is 39.9 Å². The van der Waals surface area contributed by atoms with Crippen LogP contribution in [0.1, 0.15) is 30.7 Å². The first-order valence-electron chi connectivity index (χ1n) is 6.31. The number of rotatable bonds is 5. The Balaban J connectivity index is 1.98.